The van der Waals surface area contributed by atoms with E-state index in [2.05, 4.69) is 10.1 Å². The minimum Gasteiger partial charge on any atom is -0.394 e. The van der Waals surface area contributed by atoms with Gasteiger partial charge in [0.1, 0.15) is 30.7 Å². The van der Waals surface area contributed by atoms with E-state index in [1.54, 1.807) is 6.07 Å². The summed E-state index contributed by atoms with van der Waals surface area (Å²) in [5.74, 6) is 0.178. The number of ether oxygens (including phenoxy) is 1. The molecule has 0 fully saturated rings. The van der Waals surface area contributed by atoms with Gasteiger partial charge in [0.05, 0.1) is 18.4 Å². The van der Waals surface area contributed by atoms with Crippen LogP contribution in [0.2, 0.25) is 0 Å². The summed E-state index contributed by atoms with van der Waals surface area (Å²) in [4.78, 5) is 3.78. The van der Waals surface area contributed by atoms with Crippen LogP contribution in [0.15, 0.2) is 18.5 Å². The number of aromatic nitrogens is 3. The van der Waals surface area contributed by atoms with Crippen molar-refractivity contribution in [1.29, 1.82) is 5.26 Å². The summed E-state index contributed by atoms with van der Waals surface area (Å²) >= 11 is 0. The first kappa shape index (κ1) is 15.1. The molecule has 2 aromatic heterocycles. The second-order valence-corrected chi connectivity index (χ2v) is 4.28. The van der Waals surface area contributed by atoms with Crippen molar-refractivity contribution in [2.45, 2.75) is 18.4 Å². The predicted molar refractivity (Wildman–Crippen MR) is 69.7 cm³/mol. The van der Waals surface area contributed by atoms with Crippen molar-refractivity contribution in [3.8, 4) is 6.07 Å². The number of aliphatic hydroxyl groups excluding tert-OH is 2. The van der Waals surface area contributed by atoms with Crippen LogP contribution in [0, 0.1) is 11.3 Å². The molecule has 21 heavy (non-hydrogen) atoms. The van der Waals surface area contributed by atoms with Crippen LogP contribution in [-0.4, -0.2) is 50.2 Å². The SMILES string of the molecule is N#CCO[C@H](CO)[C@@H](O)[C@@H](F)c1ccc2c(N)ncnn12. The molecule has 2 heterocycles. The van der Waals surface area contributed by atoms with Crippen molar-refractivity contribution in [1.82, 2.24) is 14.6 Å². The van der Waals surface area contributed by atoms with Crippen LogP contribution in [0.5, 0.6) is 0 Å². The molecule has 0 bridgehead atoms. The number of rotatable bonds is 6. The fourth-order valence-electron chi connectivity index (χ4n) is 1.95. The van der Waals surface area contributed by atoms with Gasteiger partial charge in [0.15, 0.2) is 12.0 Å². The molecule has 3 atom stereocenters. The fourth-order valence-corrected chi connectivity index (χ4v) is 1.95. The van der Waals surface area contributed by atoms with Crippen molar-refractivity contribution in [2.24, 2.45) is 0 Å². The summed E-state index contributed by atoms with van der Waals surface area (Å²) in [6, 6.07) is 4.62. The molecule has 0 aromatic carbocycles. The Hall–Kier alpha value is -2.28. The average molecular weight is 295 g/mol. The zero-order valence-electron chi connectivity index (χ0n) is 10.9. The van der Waals surface area contributed by atoms with E-state index in [0.717, 1.165) is 0 Å². The number of nitrogens with zero attached hydrogens (tertiary/aromatic N) is 4. The number of halogens is 1. The molecule has 8 nitrogen and oxygen atoms in total. The molecule has 0 saturated carbocycles. The molecule has 0 saturated heterocycles. The topological polar surface area (TPSA) is 130 Å². The molecule has 112 valence electrons. The van der Waals surface area contributed by atoms with Crippen LogP contribution < -0.4 is 5.73 Å². The maximum atomic E-state index is 14.4. The first-order chi connectivity index (χ1) is 10.1. The predicted octanol–water partition coefficient (Wildman–Crippen LogP) is -0.416. The smallest absolute Gasteiger partial charge is 0.170 e. The van der Waals surface area contributed by atoms with Gasteiger partial charge >= 0.3 is 0 Å². The third-order valence-corrected chi connectivity index (χ3v) is 3.02. The quantitative estimate of drug-likeness (QED) is 0.660. The largest absolute Gasteiger partial charge is 0.394 e. The van der Waals surface area contributed by atoms with E-state index in [4.69, 9.17) is 20.8 Å². The Kier molecular flexibility index (Phi) is 4.64. The van der Waals surface area contributed by atoms with Crippen LogP contribution in [0.3, 0.4) is 0 Å². The minimum atomic E-state index is -1.88. The number of aliphatic hydroxyl groups is 2. The van der Waals surface area contributed by atoms with Crippen molar-refractivity contribution < 1.29 is 19.3 Å². The van der Waals surface area contributed by atoms with Crippen LogP contribution in [0.1, 0.15) is 11.9 Å². The number of fused-ring (bicyclic) bond motifs is 1. The molecule has 0 spiro atoms. The van der Waals surface area contributed by atoms with Gasteiger partial charge in [0.2, 0.25) is 0 Å². The number of alkyl halides is 1. The van der Waals surface area contributed by atoms with E-state index in [9.17, 15) is 9.50 Å². The summed E-state index contributed by atoms with van der Waals surface area (Å²) in [5.41, 5.74) is 6.09. The highest BCUT2D eigenvalue weighted by atomic mass is 19.1. The molecule has 9 heteroatoms. The maximum Gasteiger partial charge on any atom is 0.170 e. The zero-order valence-corrected chi connectivity index (χ0v) is 10.9. The molecule has 2 aromatic rings. The first-order valence-electron chi connectivity index (χ1n) is 6.09. The molecule has 0 aliphatic heterocycles. The fraction of sp³-hybridized carbons (Fsp3) is 0.417. The van der Waals surface area contributed by atoms with Gasteiger partial charge in [-0.1, -0.05) is 0 Å². The van der Waals surface area contributed by atoms with Gasteiger partial charge in [-0.25, -0.2) is 13.9 Å². The van der Waals surface area contributed by atoms with Gasteiger partial charge in [-0.3, -0.25) is 0 Å². The lowest BCUT2D eigenvalue weighted by atomic mass is 10.1. The third kappa shape index (κ3) is 2.92. The van der Waals surface area contributed by atoms with Crippen LogP contribution in [0.25, 0.3) is 5.52 Å². The van der Waals surface area contributed by atoms with Crippen LogP contribution in [0.4, 0.5) is 10.2 Å². The van der Waals surface area contributed by atoms with E-state index in [-0.39, 0.29) is 18.1 Å². The second kappa shape index (κ2) is 6.45. The molecule has 0 unspecified atom stereocenters. The third-order valence-electron chi connectivity index (χ3n) is 3.02. The van der Waals surface area contributed by atoms with E-state index >= 15 is 0 Å². The highest BCUT2D eigenvalue weighted by Gasteiger charge is 2.31. The Morgan fingerprint density at radius 2 is 2.29 bits per heavy atom. The van der Waals surface area contributed by atoms with E-state index in [1.165, 1.54) is 23.0 Å². The Balaban J connectivity index is 2.27. The molecule has 0 aliphatic carbocycles. The van der Waals surface area contributed by atoms with E-state index in [1.807, 2.05) is 0 Å². The highest BCUT2D eigenvalue weighted by molar-refractivity contribution is 5.65. The number of nitrogen functional groups attached to an aromatic ring is 1. The molecule has 4 N–H and O–H groups in total. The van der Waals surface area contributed by atoms with Gasteiger partial charge in [0.25, 0.3) is 0 Å². The van der Waals surface area contributed by atoms with Crippen molar-refractivity contribution in [3.05, 3.63) is 24.2 Å². The lowest BCUT2D eigenvalue weighted by Gasteiger charge is -2.23. The maximum absolute atomic E-state index is 14.4. The number of hydrogen-bond acceptors (Lipinski definition) is 7. The number of nitrogens with two attached hydrogens (primary N) is 1. The lowest BCUT2D eigenvalue weighted by molar-refractivity contribution is -0.0830. The Labute approximate surface area is 119 Å². The lowest BCUT2D eigenvalue weighted by Crippen LogP contribution is -2.36. The summed E-state index contributed by atoms with van der Waals surface area (Å²) < 4.78 is 20.5. The average Bonchev–Trinajstić information content (AvgIpc) is 2.92. The van der Waals surface area contributed by atoms with E-state index in [0.29, 0.717) is 5.52 Å². The molecule has 0 aliphatic rings. The highest BCUT2D eigenvalue weighted by Crippen LogP contribution is 2.27. The van der Waals surface area contributed by atoms with Gasteiger partial charge in [-0.05, 0) is 12.1 Å². The number of hydrogen-bond donors (Lipinski definition) is 3. The molecule has 0 amide bonds. The van der Waals surface area contributed by atoms with Gasteiger partial charge in [-0.2, -0.15) is 10.4 Å². The van der Waals surface area contributed by atoms with Crippen molar-refractivity contribution >= 4 is 11.3 Å². The Morgan fingerprint density at radius 1 is 1.52 bits per heavy atom. The summed E-state index contributed by atoms with van der Waals surface area (Å²) in [7, 11) is 0. The van der Waals surface area contributed by atoms with E-state index < -0.39 is 25.0 Å². The van der Waals surface area contributed by atoms with Gasteiger partial charge in [0, 0.05) is 0 Å². The normalized spacial score (nSPS) is 15.5. The van der Waals surface area contributed by atoms with Crippen LogP contribution >= 0.6 is 0 Å². The van der Waals surface area contributed by atoms with Crippen molar-refractivity contribution in [3.63, 3.8) is 0 Å². The Bertz CT molecular complexity index is 656. The Morgan fingerprint density at radius 3 is 2.95 bits per heavy atom. The van der Waals surface area contributed by atoms with Crippen molar-refractivity contribution in [2.75, 3.05) is 18.9 Å². The number of anilines is 1. The summed E-state index contributed by atoms with van der Waals surface area (Å²) in [6.07, 6.45) is -3.58. The van der Waals surface area contributed by atoms with Crippen LogP contribution in [-0.2, 0) is 4.74 Å². The number of nitriles is 1. The monoisotopic (exact) mass is 295 g/mol. The molecular weight excluding hydrogens is 281 g/mol. The standard InChI is InChI=1S/C12H14FN5O3/c13-10(11(20)9(5-19)21-4-3-14)7-1-2-8-12(15)16-6-17-18(7)8/h1-2,6,9-11,19-20H,4-5H2,(H2,15,16,17)/t9-,10+,11-/m1/s1. The summed E-state index contributed by atoms with van der Waals surface area (Å²) in [6.45, 7) is -0.983. The molecule has 0 radical (unpaired) electrons. The molecular formula is C12H14FN5O3. The summed E-state index contributed by atoms with van der Waals surface area (Å²) in [5, 5.41) is 31.4. The second-order valence-electron chi connectivity index (χ2n) is 4.28. The molecule has 2 rings (SSSR count). The van der Waals surface area contributed by atoms with Gasteiger partial charge in [-0.15, -0.1) is 0 Å². The van der Waals surface area contributed by atoms with Gasteiger partial charge < -0.3 is 20.7 Å². The first-order valence-corrected chi connectivity index (χ1v) is 6.09. The minimum absolute atomic E-state index is 0.0469. The zero-order chi connectivity index (χ0) is 15.4.